The lowest BCUT2D eigenvalue weighted by Gasteiger charge is -2.40. The third-order valence-corrected chi connectivity index (χ3v) is 8.22. The maximum absolute atomic E-state index is 10.4. The van der Waals surface area contributed by atoms with Crippen molar-refractivity contribution < 1.29 is 5.11 Å². The minimum atomic E-state index is -0.247. The van der Waals surface area contributed by atoms with E-state index in [9.17, 15) is 5.11 Å². The molecule has 1 saturated carbocycles. The van der Waals surface area contributed by atoms with Crippen molar-refractivity contribution in [1.82, 2.24) is 0 Å². The Morgan fingerprint density at radius 2 is 1.82 bits per heavy atom. The lowest BCUT2D eigenvalue weighted by atomic mass is 9.64. The summed E-state index contributed by atoms with van der Waals surface area (Å²) in [5.41, 5.74) is 6.37. The molecule has 0 aromatic rings. The molecule has 4 atom stereocenters. The van der Waals surface area contributed by atoms with E-state index in [0.29, 0.717) is 5.41 Å². The van der Waals surface area contributed by atoms with Crippen molar-refractivity contribution in [3.63, 3.8) is 0 Å². The second-order valence-electron chi connectivity index (χ2n) is 10.7. The van der Waals surface area contributed by atoms with Crippen molar-refractivity contribution >= 4 is 0 Å². The minimum Gasteiger partial charge on any atom is -0.388 e. The average molecular weight is 385 g/mol. The Kier molecular flexibility index (Phi) is 7.29. The van der Waals surface area contributed by atoms with E-state index in [2.05, 4.69) is 46.8 Å². The number of aliphatic hydroxyl groups is 1. The summed E-state index contributed by atoms with van der Waals surface area (Å²) >= 11 is 0. The van der Waals surface area contributed by atoms with Crippen molar-refractivity contribution in [1.29, 1.82) is 0 Å². The number of fused-ring (bicyclic) bond motifs is 1. The quantitative estimate of drug-likeness (QED) is 0.475. The van der Waals surface area contributed by atoms with Gasteiger partial charge in [0.2, 0.25) is 0 Å². The molecule has 3 aliphatic rings. The number of rotatable bonds is 7. The molecule has 1 fully saturated rings. The fourth-order valence-electron chi connectivity index (χ4n) is 6.52. The summed E-state index contributed by atoms with van der Waals surface area (Å²) < 4.78 is 0. The maximum atomic E-state index is 10.4. The molecule has 0 amide bonds. The average Bonchev–Trinajstić information content (AvgIpc) is 2.98. The van der Waals surface area contributed by atoms with Gasteiger partial charge in [-0.3, -0.25) is 0 Å². The molecule has 158 valence electrons. The van der Waals surface area contributed by atoms with Crippen LogP contribution in [0.15, 0.2) is 34.4 Å². The first-order valence-electron chi connectivity index (χ1n) is 12.1. The molecule has 28 heavy (non-hydrogen) atoms. The Morgan fingerprint density at radius 1 is 1.04 bits per heavy atom. The second-order valence-corrected chi connectivity index (χ2v) is 10.7. The van der Waals surface area contributed by atoms with Gasteiger partial charge in [-0.25, -0.2) is 0 Å². The van der Waals surface area contributed by atoms with E-state index in [1.165, 1.54) is 62.5 Å². The molecule has 0 saturated heterocycles. The van der Waals surface area contributed by atoms with Gasteiger partial charge in [-0.1, -0.05) is 70.3 Å². The summed E-state index contributed by atoms with van der Waals surface area (Å²) in [5.74, 6) is 2.54. The number of hydrogen-bond acceptors (Lipinski definition) is 1. The Morgan fingerprint density at radius 3 is 2.54 bits per heavy atom. The van der Waals surface area contributed by atoms with Gasteiger partial charge in [0.05, 0.1) is 6.10 Å². The van der Waals surface area contributed by atoms with Gasteiger partial charge in [-0.05, 0) is 92.6 Å². The topological polar surface area (TPSA) is 20.2 Å². The molecule has 1 N–H and O–H groups in total. The second kappa shape index (κ2) is 9.33. The molecule has 3 rings (SSSR count). The van der Waals surface area contributed by atoms with Gasteiger partial charge in [0.15, 0.2) is 0 Å². The molecule has 0 bridgehead atoms. The van der Waals surface area contributed by atoms with Crippen LogP contribution in [0, 0.1) is 23.2 Å². The summed E-state index contributed by atoms with van der Waals surface area (Å²) in [6, 6.07) is 0. The molecule has 0 spiro atoms. The molecule has 0 unspecified atom stereocenters. The summed E-state index contributed by atoms with van der Waals surface area (Å²) in [6.45, 7) is 12.0. The van der Waals surface area contributed by atoms with E-state index in [0.717, 1.165) is 37.0 Å². The molecular formula is C27H44O. The molecular weight excluding hydrogens is 340 g/mol. The van der Waals surface area contributed by atoms with E-state index in [4.69, 9.17) is 0 Å². The van der Waals surface area contributed by atoms with Crippen LogP contribution in [-0.4, -0.2) is 11.2 Å². The van der Waals surface area contributed by atoms with Crippen LogP contribution < -0.4 is 0 Å². The standard InChI is InChI=1S/C27H44O/c1-19(2)9-6-11-21(4)24-16-17-25-22(12-8-18-27(24,25)5)14-15-23-20(3)10-7-13-26(23)28/h14-15,19,21,24,26,28H,6-13,16-18H2,1-5H3/b15-14-/t21-,24-,26-,27-/m1/s1. The maximum Gasteiger partial charge on any atom is 0.0789 e. The Balaban J connectivity index is 1.75. The lowest BCUT2D eigenvalue weighted by molar-refractivity contribution is 0.164. The highest BCUT2D eigenvalue weighted by Crippen LogP contribution is 2.58. The number of allylic oxidation sites excluding steroid dienone is 4. The van der Waals surface area contributed by atoms with E-state index in [-0.39, 0.29) is 6.10 Å². The van der Waals surface area contributed by atoms with Gasteiger partial charge in [-0.2, -0.15) is 0 Å². The number of hydrogen-bond donors (Lipinski definition) is 1. The highest BCUT2D eigenvalue weighted by atomic mass is 16.3. The predicted octanol–water partition coefficient (Wildman–Crippen LogP) is 7.76. The van der Waals surface area contributed by atoms with Crippen molar-refractivity contribution in [2.45, 2.75) is 111 Å². The zero-order valence-electron chi connectivity index (χ0n) is 19.2. The van der Waals surface area contributed by atoms with E-state index < -0.39 is 0 Å². The first-order chi connectivity index (χ1) is 13.3. The molecule has 0 heterocycles. The van der Waals surface area contributed by atoms with Crippen LogP contribution in [-0.2, 0) is 0 Å². The molecule has 0 aliphatic heterocycles. The van der Waals surface area contributed by atoms with Crippen LogP contribution in [0.25, 0.3) is 0 Å². The van der Waals surface area contributed by atoms with Crippen molar-refractivity contribution in [3.05, 3.63) is 34.4 Å². The predicted molar refractivity (Wildman–Crippen MR) is 121 cm³/mol. The normalized spacial score (nSPS) is 32.5. The first kappa shape index (κ1) is 21.9. The summed E-state index contributed by atoms with van der Waals surface area (Å²) in [5, 5.41) is 10.4. The van der Waals surface area contributed by atoms with Crippen LogP contribution in [0.2, 0.25) is 0 Å². The highest BCUT2D eigenvalue weighted by Gasteiger charge is 2.46. The van der Waals surface area contributed by atoms with Gasteiger partial charge < -0.3 is 5.11 Å². The largest absolute Gasteiger partial charge is 0.388 e. The molecule has 1 heteroatoms. The summed E-state index contributed by atoms with van der Waals surface area (Å²) in [4.78, 5) is 0. The smallest absolute Gasteiger partial charge is 0.0789 e. The molecule has 3 aliphatic carbocycles. The SMILES string of the molecule is CC1=C(/C=C\C2=C3CC[C@H]([C@H](C)CCCC(C)C)[C@@]3(C)CCC2)[C@H](O)CCC1. The van der Waals surface area contributed by atoms with Gasteiger partial charge in [0.1, 0.15) is 0 Å². The Bertz CT molecular complexity index is 635. The molecule has 0 radical (unpaired) electrons. The van der Waals surface area contributed by atoms with Crippen LogP contribution in [0.3, 0.4) is 0 Å². The van der Waals surface area contributed by atoms with Gasteiger partial charge in [-0.15, -0.1) is 0 Å². The molecule has 0 aromatic heterocycles. The third kappa shape index (κ3) is 4.66. The zero-order valence-corrected chi connectivity index (χ0v) is 19.2. The van der Waals surface area contributed by atoms with Crippen LogP contribution in [0.5, 0.6) is 0 Å². The van der Waals surface area contributed by atoms with Gasteiger partial charge >= 0.3 is 0 Å². The third-order valence-electron chi connectivity index (χ3n) is 8.22. The fourth-order valence-corrected chi connectivity index (χ4v) is 6.52. The van der Waals surface area contributed by atoms with Gasteiger partial charge in [0, 0.05) is 0 Å². The van der Waals surface area contributed by atoms with Crippen molar-refractivity contribution in [2.75, 3.05) is 0 Å². The lowest BCUT2D eigenvalue weighted by Crippen LogP contribution is -2.31. The summed E-state index contributed by atoms with van der Waals surface area (Å²) in [6.07, 6.45) is 18.4. The minimum absolute atomic E-state index is 0.247. The van der Waals surface area contributed by atoms with E-state index >= 15 is 0 Å². The van der Waals surface area contributed by atoms with Crippen LogP contribution in [0.4, 0.5) is 0 Å². The van der Waals surface area contributed by atoms with Gasteiger partial charge in [0.25, 0.3) is 0 Å². The van der Waals surface area contributed by atoms with Crippen LogP contribution >= 0.6 is 0 Å². The van der Waals surface area contributed by atoms with Crippen LogP contribution in [0.1, 0.15) is 105 Å². The van der Waals surface area contributed by atoms with Crippen molar-refractivity contribution in [2.24, 2.45) is 23.2 Å². The Labute approximate surface area is 174 Å². The summed E-state index contributed by atoms with van der Waals surface area (Å²) in [7, 11) is 0. The molecule has 0 aromatic carbocycles. The van der Waals surface area contributed by atoms with E-state index in [1.54, 1.807) is 11.1 Å². The number of aliphatic hydroxyl groups excluding tert-OH is 1. The molecule has 1 nitrogen and oxygen atoms in total. The monoisotopic (exact) mass is 384 g/mol. The first-order valence-corrected chi connectivity index (χ1v) is 12.1. The zero-order chi connectivity index (χ0) is 20.3. The fraction of sp³-hybridized carbons (Fsp3) is 0.778. The van der Waals surface area contributed by atoms with Crippen molar-refractivity contribution in [3.8, 4) is 0 Å². The van der Waals surface area contributed by atoms with E-state index in [1.807, 2.05) is 0 Å². The Hall–Kier alpha value is -0.820. The highest BCUT2D eigenvalue weighted by molar-refractivity contribution is 5.40.